The Morgan fingerprint density at radius 3 is 2.56 bits per heavy atom. The minimum Gasteiger partial charge on any atom is -0.378 e. The summed E-state index contributed by atoms with van der Waals surface area (Å²) in [6, 6.07) is 0. The standard InChI is InChI=1S/C20H36N4O2.HI/c1-5-17-16(18(6-2)26-24-17)14-23-20(21-4)22-13-12-19(25-7-3)15-10-8-9-11-15;/h15,19H,5-14H2,1-4H3,(H2,21,22,23);1H. The summed E-state index contributed by atoms with van der Waals surface area (Å²) in [6.07, 6.45) is 8.44. The van der Waals surface area contributed by atoms with Crippen molar-refractivity contribution in [2.45, 2.75) is 78.4 Å². The van der Waals surface area contributed by atoms with Gasteiger partial charge in [0.15, 0.2) is 5.96 Å². The van der Waals surface area contributed by atoms with E-state index in [1.54, 1.807) is 7.05 Å². The molecule has 0 amide bonds. The number of ether oxygens (including phenoxy) is 1. The molecule has 7 heteroatoms. The van der Waals surface area contributed by atoms with Gasteiger partial charge in [-0.15, -0.1) is 24.0 Å². The van der Waals surface area contributed by atoms with Gasteiger partial charge in [-0.1, -0.05) is 31.8 Å². The van der Waals surface area contributed by atoms with Crippen LogP contribution in [0.3, 0.4) is 0 Å². The Kier molecular flexibility index (Phi) is 12.0. The van der Waals surface area contributed by atoms with Gasteiger partial charge in [0.25, 0.3) is 0 Å². The number of rotatable bonds is 10. The van der Waals surface area contributed by atoms with Crippen molar-refractivity contribution in [3.63, 3.8) is 0 Å². The molecular formula is C20H37IN4O2. The van der Waals surface area contributed by atoms with Gasteiger partial charge >= 0.3 is 0 Å². The first-order chi connectivity index (χ1) is 12.7. The molecule has 6 nitrogen and oxygen atoms in total. The van der Waals surface area contributed by atoms with E-state index in [1.807, 2.05) is 0 Å². The molecule has 1 aliphatic carbocycles. The topological polar surface area (TPSA) is 71.7 Å². The smallest absolute Gasteiger partial charge is 0.191 e. The molecule has 0 aromatic carbocycles. The third kappa shape index (κ3) is 7.25. The van der Waals surface area contributed by atoms with Crippen LogP contribution in [0.1, 0.15) is 69.9 Å². The van der Waals surface area contributed by atoms with Crippen LogP contribution in [-0.2, 0) is 24.1 Å². The average Bonchev–Trinajstić information content (AvgIpc) is 3.32. The SMILES string of the molecule is CCOC(CCNC(=NC)NCc1c(CC)noc1CC)C1CCCC1.I. The van der Waals surface area contributed by atoms with Crippen molar-refractivity contribution in [3.8, 4) is 0 Å². The zero-order chi connectivity index (χ0) is 18.8. The summed E-state index contributed by atoms with van der Waals surface area (Å²) in [7, 11) is 1.81. The minimum atomic E-state index is 0. The zero-order valence-corrected chi connectivity index (χ0v) is 19.7. The summed E-state index contributed by atoms with van der Waals surface area (Å²) in [6.45, 7) is 8.63. The monoisotopic (exact) mass is 492 g/mol. The van der Waals surface area contributed by atoms with Gasteiger partial charge in [-0.2, -0.15) is 0 Å². The largest absolute Gasteiger partial charge is 0.378 e. The fourth-order valence-electron chi connectivity index (χ4n) is 3.86. The van der Waals surface area contributed by atoms with Crippen LogP contribution >= 0.6 is 24.0 Å². The Balaban J connectivity index is 0.00000364. The molecule has 0 spiro atoms. The van der Waals surface area contributed by atoms with E-state index >= 15 is 0 Å². The van der Waals surface area contributed by atoms with Gasteiger partial charge in [0, 0.05) is 38.7 Å². The predicted molar refractivity (Wildman–Crippen MR) is 121 cm³/mol. The van der Waals surface area contributed by atoms with Gasteiger partial charge in [-0.25, -0.2) is 0 Å². The summed E-state index contributed by atoms with van der Waals surface area (Å²) in [5.74, 6) is 2.50. The van der Waals surface area contributed by atoms with Crippen LogP contribution in [0.15, 0.2) is 9.52 Å². The van der Waals surface area contributed by atoms with Gasteiger partial charge in [0.2, 0.25) is 0 Å². The van der Waals surface area contributed by atoms with Crippen molar-refractivity contribution in [1.82, 2.24) is 15.8 Å². The molecule has 0 radical (unpaired) electrons. The lowest BCUT2D eigenvalue weighted by Gasteiger charge is -2.24. The number of aryl methyl sites for hydroxylation is 2. The first kappa shape index (κ1) is 24.2. The molecule has 1 heterocycles. The fourth-order valence-corrected chi connectivity index (χ4v) is 3.86. The van der Waals surface area contributed by atoms with E-state index in [4.69, 9.17) is 9.26 Å². The highest BCUT2D eigenvalue weighted by atomic mass is 127. The molecule has 2 N–H and O–H groups in total. The molecule has 1 atom stereocenters. The number of hydrogen-bond acceptors (Lipinski definition) is 4. The Labute approximate surface area is 181 Å². The predicted octanol–water partition coefficient (Wildman–Crippen LogP) is 4.07. The van der Waals surface area contributed by atoms with E-state index in [-0.39, 0.29) is 24.0 Å². The second-order valence-electron chi connectivity index (χ2n) is 6.92. The van der Waals surface area contributed by atoms with Crippen LogP contribution in [-0.4, -0.2) is 37.4 Å². The van der Waals surface area contributed by atoms with Crippen LogP contribution in [0.2, 0.25) is 0 Å². The molecule has 0 bridgehead atoms. The normalized spacial score (nSPS) is 16.2. The summed E-state index contributed by atoms with van der Waals surface area (Å²) < 4.78 is 11.4. The highest BCUT2D eigenvalue weighted by molar-refractivity contribution is 14.0. The Bertz CT molecular complexity index is 535. The number of nitrogens with zero attached hydrogens (tertiary/aromatic N) is 2. The maximum absolute atomic E-state index is 6.00. The number of nitrogens with one attached hydrogen (secondary N) is 2. The van der Waals surface area contributed by atoms with Gasteiger partial charge in [-0.05, 0) is 38.5 Å². The van der Waals surface area contributed by atoms with E-state index in [2.05, 4.69) is 41.6 Å². The second kappa shape index (κ2) is 13.4. The van der Waals surface area contributed by atoms with E-state index in [9.17, 15) is 0 Å². The lowest BCUT2D eigenvalue weighted by molar-refractivity contribution is 0.0169. The van der Waals surface area contributed by atoms with Crippen LogP contribution < -0.4 is 10.6 Å². The maximum atomic E-state index is 6.00. The molecule has 156 valence electrons. The van der Waals surface area contributed by atoms with Crippen molar-refractivity contribution in [2.75, 3.05) is 20.2 Å². The van der Waals surface area contributed by atoms with E-state index in [0.29, 0.717) is 12.6 Å². The van der Waals surface area contributed by atoms with Crippen LogP contribution in [0.25, 0.3) is 0 Å². The first-order valence-corrected chi connectivity index (χ1v) is 10.3. The second-order valence-corrected chi connectivity index (χ2v) is 6.92. The Hall–Kier alpha value is -0.830. The number of aromatic nitrogens is 1. The van der Waals surface area contributed by atoms with Crippen LogP contribution in [0, 0.1) is 5.92 Å². The molecule has 1 saturated carbocycles. The van der Waals surface area contributed by atoms with Crippen molar-refractivity contribution in [1.29, 1.82) is 0 Å². The highest BCUT2D eigenvalue weighted by Gasteiger charge is 2.25. The summed E-state index contributed by atoms with van der Waals surface area (Å²) in [4.78, 5) is 4.34. The average molecular weight is 492 g/mol. The van der Waals surface area contributed by atoms with Gasteiger partial charge in [0.05, 0.1) is 11.8 Å². The third-order valence-corrected chi connectivity index (χ3v) is 5.29. The van der Waals surface area contributed by atoms with Crippen molar-refractivity contribution >= 4 is 29.9 Å². The molecule has 0 saturated heterocycles. The minimum absolute atomic E-state index is 0. The lowest BCUT2D eigenvalue weighted by atomic mass is 9.98. The Morgan fingerprint density at radius 2 is 1.96 bits per heavy atom. The third-order valence-electron chi connectivity index (χ3n) is 5.29. The van der Waals surface area contributed by atoms with Crippen molar-refractivity contribution in [3.05, 3.63) is 17.0 Å². The maximum Gasteiger partial charge on any atom is 0.191 e. The van der Waals surface area contributed by atoms with Crippen LogP contribution in [0.4, 0.5) is 0 Å². The van der Waals surface area contributed by atoms with Gasteiger partial charge in [0.1, 0.15) is 5.76 Å². The summed E-state index contributed by atoms with van der Waals surface area (Å²) in [5, 5.41) is 11.0. The molecule has 2 rings (SSSR count). The number of aliphatic imine (C=N–C) groups is 1. The van der Waals surface area contributed by atoms with E-state index in [1.165, 1.54) is 25.7 Å². The molecule has 1 aliphatic rings. The van der Waals surface area contributed by atoms with Crippen molar-refractivity contribution in [2.24, 2.45) is 10.9 Å². The number of hydrogen-bond donors (Lipinski definition) is 2. The summed E-state index contributed by atoms with van der Waals surface area (Å²) >= 11 is 0. The number of halogens is 1. The molecule has 1 fully saturated rings. The first-order valence-electron chi connectivity index (χ1n) is 10.3. The van der Waals surface area contributed by atoms with Gasteiger partial charge < -0.3 is 19.9 Å². The van der Waals surface area contributed by atoms with E-state index < -0.39 is 0 Å². The molecular weight excluding hydrogens is 455 g/mol. The molecule has 27 heavy (non-hydrogen) atoms. The van der Waals surface area contributed by atoms with Gasteiger partial charge in [-0.3, -0.25) is 4.99 Å². The molecule has 1 aromatic rings. The lowest BCUT2D eigenvalue weighted by Crippen LogP contribution is -2.39. The Morgan fingerprint density at radius 1 is 1.22 bits per heavy atom. The molecule has 0 aliphatic heterocycles. The van der Waals surface area contributed by atoms with E-state index in [0.717, 1.165) is 61.3 Å². The highest BCUT2D eigenvalue weighted by Crippen LogP contribution is 2.30. The van der Waals surface area contributed by atoms with Crippen LogP contribution in [0.5, 0.6) is 0 Å². The zero-order valence-electron chi connectivity index (χ0n) is 17.3. The number of guanidine groups is 1. The fraction of sp³-hybridized carbons (Fsp3) is 0.800. The molecule has 1 aromatic heterocycles. The summed E-state index contributed by atoms with van der Waals surface area (Å²) in [5.41, 5.74) is 2.19. The van der Waals surface area contributed by atoms with Crippen molar-refractivity contribution < 1.29 is 9.26 Å². The quantitative estimate of drug-likeness (QED) is 0.293. The molecule has 1 unspecified atom stereocenters.